The molecule has 1 aromatic heterocycles. The second-order valence-corrected chi connectivity index (χ2v) is 4.10. The number of aryl methyl sites for hydroxylation is 1. The summed E-state index contributed by atoms with van der Waals surface area (Å²) in [5, 5.41) is 4.54. The fourth-order valence-electron chi connectivity index (χ4n) is 1.76. The predicted octanol–water partition coefficient (Wildman–Crippen LogP) is 2.35. The Bertz CT molecular complexity index is 511. The van der Waals surface area contributed by atoms with Crippen LogP contribution in [0.5, 0.6) is 0 Å². The average molecular weight is 236 g/mol. The highest BCUT2D eigenvalue weighted by atomic mass is 35.5. The number of nitrogens with one attached hydrogen (secondary N) is 1. The highest BCUT2D eigenvalue weighted by Crippen LogP contribution is 2.21. The Kier molecular flexibility index (Phi) is 3.36. The van der Waals surface area contributed by atoms with Crippen molar-refractivity contribution in [2.45, 2.75) is 13.3 Å². The largest absolute Gasteiger partial charge is 0.319 e. The van der Waals surface area contributed by atoms with Gasteiger partial charge >= 0.3 is 0 Å². The fourth-order valence-corrected chi connectivity index (χ4v) is 1.95. The average Bonchev–Trinajstić information content (AvgIpc) is 2.27. The summed E-state index contributed by atoms with van der Waals surface area (Å²) in [6.07, 6.45) is 0.860. The van der Waals surface area contributed by atoms with E-state index >= 15 is 0 Å². The Balaban J connectivity index is 2.59. The molecule has 0 aliphatic carbocycles. The normalized spacial score (nSPS) is 10.9. The van der Waals surface area contributed by atoms with Crippen LogP contribution in [0.15, 0.2) is 18.2 Å². The Labute approximate surface area is 99.9 Å². The standard InChI is InChI=1S/C12H14ClN3/c1-8-4-3-5-9-10(6-7-14-2)15-12(13)16-11(8)9/h3-5,14H,6-7H2,1-2H3. The third kappa shape index (κ3) is 2.15. The van der Waals surface area contributed by atoms with Crippen molar-refractivity contribution >= 4 is 22.5 Å². The summed E-state index contributed by atoms with van der Waals surface area (Å²) in [5.41, 5.74) is 3.09. The van der Waals surface area contributed by atoms with Crippen LogP contribution in [0.1, 0.15) is 11.3 Å². The van der Waals surface area contributed by atoms with Crippen LogP contribution in [0.2, 0.25) is 5.28 Å². The number of benzene rings is 1. The quantitative estimate of drug-likeness (QED) is 0.830. The van der Waals surface area contributed by atoms with E-state index in [1.165, 1.54) is 0 Å². The second kappa shape index (κ2) is 4.76. The van der Waals surface area contributed by atoms with E-state index in [4.69, 9.17) is 11.6 Å². The number of nitrogens with zero attached hydrogens (tertiary/aromatic N) is 2. The molecule has 16 heavy (non-hydrogen) atoms. The van der Waals surface area contributed by atoms with Gasteiger partial charge in [-0.3, -0.25) is 0 Å². The lowest BCUT2D eigenvalue weighted by molar-refractivity contribution is 0.779. The van der Waals surface area contributed by atoms with Crippen LogP contribution in [0.3, 0.4) is 0 Å². The van der Waals surface area contributed by atoms with Crippen LogP contribution in [-0.2, 0) is 6.42 Å². The third-order valence-corrected chi connectivity index (χ3v) is 2.76. The molecule has 0 spiro atoms. The van der Waals surface area contributed by atoms with Gasteiger partial charge in [-0.1, -0.05) is 18.2 Å². The predicted molar refractivity (Wildman–Crippen MR) is 66.9 cm³/mol. The summed E-state index contributed by atoms with van der Waals surface area (Å²) in [4.78, 5) is 8.57. The monoisotopic (exact) mass is 235 g/mol. The summed E-state index contributed by atoms with van der Waals surface area (Å²) in [7, 11) is 1.93. The number of hydrogen-bond acceptors (Lipinski definition) is 3. The highest BCUT2D eigenvalue weighted by Gasteiger charge is 2.07. The number of hydrogen-bond donors (Lipinski definition) is 1. The molecule has 0 aliphatic rings. The lowest BCUT2D eigenvalue weighted by atomic mass is 10.1. The van der Waals surface area contributed by atoms with Crippen LogP contribution in [0.25, 0.3) is 10.9 Å². The van der Waals surface area contributed by atoms with Crippen LogP contribution in [0.4, 0.5) is 0 Å². The van der Waals surface area contributed by atoms with Crippen molar-refractivity contribution < 1.29 is 0 Å². The SMILES string of the molecule is CNCCc1nc(Cl)nc2c(C)cccc12. The molecule has 0 aliphatic heterocycles. The molecule has 1 N–H and O–H groups in total. The zero-order chi connectivity index (χ0) is 11.5. The molecule has 3 nitrogen and oxygen atoms in total. The lowest BCUT2D eigenvalue weighted by Gasteiger charge is -2.07. The first-order chi connectivity index (χ1) is 7.72. The number of fused-ring (bicyclic) bond motifs is 1. The van der Waals surface area contributed by atoms with E-state index in [1.807, 2.05) is 32.2 Å². The molecule has 2 rings (SSSR count). The van der Waals surface area contributed by atoms with Crippen molar-refractivity contribution in [3.63, 3.8) is 0 Å². The van der Waals surface area contributed by atoms with Crippen molar-refractivity contribution in [2.24, 2.45) is 0 Å². The number of rotatable bonds is 3. The molecule has 0 saturated carbocycles. The first-order valence-electron chi connectivity index (χ1n) is 5.28. The van der Waals surface area contributed by atoms with Gasteiger partial charge < -0.3 is 5.32 Å². The zero-order valence-corrected chi connectivity index (χ0v) is 10.2. The van der Waals surface area contributed by atoms with Crippen molar-refractivity contribution in [1.82, 2.24) is 15.3 Å². The van der Waals surface area contributed by atoms with Gasteiger partial charge in [0.2, 0.25) is 5.28 Å². The van der Waals surface area contributed by atoms with Gasteiger partial charge in [-0.05, 0) is 31.1 Å². The van der Waals surface area contributed by atoms with E-state index in [-0.39, 0.29) is 0 Å². The van der Waals surface area contributed by atoms with Crippen LogP contribution >= 0.6 is 11.6 Å². The summed E-state index contributed by atoms with van der Waals surface area (Å²) in [5.74, 6) is 0. The minimum Gasteiger partial charge on any atom is -0.319 e. The molecule has 0 amide bonds. The van der Waals surface area contributed by atoms with Gasteiger partial charge in [-0.2, -0.15) is 0 Å². The smallest absolute Gasteiger partial charge is 0.223 e. The molecular weight excluding hydrogens is 222 g/mol. The van der Waals surface area contributed by atoms with Crippen molar-refractivity contribution in [1.29, 1.82) is 0 Å². The molecule has 0 saturated heterocycles. The first kappa shape index (κ1) is 11.3. The maximum atomic E-state index is 5.93. The summed E-state index contributed by atoms with van der Waals surface area (Å²) >= 11 is 5.93. The molecular formula is C12H14ClN3. The molecule has 4 heteroatoms. The van der Waals surface area contributed by atoms with Gasteiger partial charge in [0.05, 0.1) is 11.2 Å². The van der Waals surface area contributed by atoms with Gasteiger partial charge in [-0.25, -0.2) is 9.97 Å². The molecule has 0 atom stereocenters. The summed E-state index contributed by atoms with van der Waals surface area (Å²) < 4.78 is 0. The molecule has 2 aromatic rings. The highest BCUT2D eigenvalue weighted by molar-refractivity contribution is 6.28. The van der Waals surface area contributed by atoms with Crippen molar-refractivity contribution in [3.05, 3.63) is 34.7 Å². The Morgan fingerprint density at radius 1 is 1.31 bits per heavy atom. The van der Waals surface area contributed by atoms with Crippen LogP contribution in [0, 0.1) is 6.92 Å². The van der Waals surface area contributed by atoms with Crippen LogP contribution < -0.4 is 5.32 Å². The van der Waals surface area contributed by atoms with Crippen LogP contribution in [-0.4, -0.2) is 23.6 Å². The van der Waals surface area contributed by atoms with Gasteiger partial charge in [0.25, 0.3) is 0 Å². The van der Waals surface area contributed by atoms with E-state index < -0.39 is 0 Å². The molecule has 84 valence electrons. The Morgan fingerprint density at radius 2 is 2.12 bits per heavy atom. The zero-order valence-electron chi connectivity index (χ0n) is 9.42. The Morgan fingerprint density at radius 3 is 2.88 bits per heavy atom. The molecule has 1 heterocycles. The molecule has 0 unspecified atom stereocenters. The number of likely N-dealkylation sites (N-methyl/N-ethyl adjacent to an activating group) is 1. The maximum Gasteiger partial charge on any atom is 0.223 e. The van der Waals surface area contributed by atoms with E-state index in [0.717, 1.165) is 35.1 Å². The van der Waals surface area contributed by atoms with Gasteiger partial charge in [0.15, 0.2) is 0 Å². The maximum absolute atomic E-state index is 5.93. The Hall–Kier alpha value is -1.19. The molecule has 1 aromatic carbocycles. The van der Waals surface area contributed by atoms with Gasteiger partial charge in [0.1, 0.15) is 0 Å². The summed E-state index contributed by atoms with van der Waals surface area (Å²) in [6, 6.07) is 6.11. The van der Waals surface area contributed by atoms with E-state index in [2.05, 4.69) is 15.3 Å². The van der Waals surface area contributed by atoms with Gasteiger partial charge in [-0.15, -0.1) is 0 Å². The second-order valence-electron chi connectivity index (χ2n) is 3.76. The minimum absolute atomic E-state index is 0.327. The topological polar surface area (TPSA) is 37.8 Å². The van der Waals surface area contributed by atoms with E-state index in [1.54, 1.807) is 0 Å². The molecule has 0 bridgehead atoms. The third-order valence-electron chi connectivity index (χ3n) is 2.59. The number of aromatic nitrogens is 2. The molecule has 0 radical (unpaired) electrons. The fraction of sp³-hybridized carbons (Fsp3) is 0.333. The minimum atomic E-state index is 0.327. The van der Waals surface area contributed by atoms with Crippen molar-refractivity contribution in [3.8, 4) is 0 Å². The van der Waals surface area contributed by atoms with E-state index in [9.17, 15) is 0 Å². The number of para-hydroxylation sites is 1. The van der Waals surface area contributed by atoms with Crippen molar-refractivity contribution in [2.75, 3.05) is 13.6 Å². The lowest BCUT2D eigenvalue weighted by Crippen LogP contribution is -2.12. The first-order valence-corrected chi connectivity index (χ1v) is 5.66. The number of halogens is 1. The van der Waals surface area contributed by atoms with Gasteiger partial charge in [0, 0.05) is 18.4 Å². The summed E-state index contributed by atoms with van der Waals surface area (Å²) in [6.45, 7) is 2.92. The molecule has 0 fully saturated rings. The van der Waals surface area contributed by atoms with E-state index in [0.29, 0.717) is 5.28 Å².